The number of aromatic nitrogens is 12. The van der Waals surface area contributed by atoms with Gasteiger partial charge in [-0.15, -0.1) is 30.6 Å². The van der Waals surface area contributed by atoms with Crippen LogP contribution in [0.15, 0.2) is 182 Å². The fraction of sp³-hybridized carbons (Fsp3) is 0.217. The molecule has 2 atom stereocenters. The van der Waals surface area contributed by atoms with E-state index in [2.05, 4.69) is 59.6 Å². The molecule has 0 radical (unpaired) electrons. The summed E-state index contributed by atoms with van der Waals surface area (Å²) in [6.45, 7) is 5.15. The predicted octanol–water partition coefficient (Wildman–Crippen LogP) is 11.0. The maximum Gasteiger partial charge on any atom is 0.244 e. The zero-order valence-corrected chi connectivity index (χ0v) is 52.6. The number of benzene rings is 6. The molecule has 20 nitrogen and oxygen atoms in total. The Bertz CT molecular complexity index is 4640. The van der Waals surface area contributed by atoms with Crippen molar-refractivity contribution < 1.29 is 14.4 Å². The molecular formula is C69H62Cl3N17O3. The molecule has 92 heavy (non-hydrogen) atoms. The van der Waals surface area contributed by atoms with Crippen molar-refractivity contribution in [3.63, 3.8) is 0 Å². The van der Waals surface area contributed by atoms with Gasteiger partial charge in [-0.3, -0.25) is 19.3 Å². The van der Waals surface area contributed by atoms with Crippen molar-refractivity contribution >= 4 is 85.6 Å². The quantitative estimate of drug-likeness (QED) is 0.120. The van der Waals surface area contributed by atoms with Crippen molar-refractivity contribution in [2.24, 2.45) is 5.73 Å². The molecule has 9 heterocycles. The van der Waals surface area contributed by atoms with Crippen LogP contribution in [0.2, 0.25) is 15.1 Å². The lowest BCUT2D eigenvalue weighted by atomic mass is 10.1. The molecule has 0 unspecified atom stereocenters. The highest BCUT2D eigenvalue weighted by molar-refractivity contribution is 6.40. The number of nitrogens with zero attached hydrogens (tertiary/aromatic N) is 16. The maximum atomic E-state index is 13.2. The highest BCUT2D eigenvalue weighted by atomic mass is 35.5. The fourth-order valence-corrected chi connectivity index (χ4v) is 13.1. The molecule has 0 spiro atoms. The highest BCUT2D eigenvalue weighted by Gasteiger charge is 2.43. The summed E-state index contributed by atoms with van der Waals surface area (Å²) in [5, 5.41) is 44.0. The Kier molecular flexibility index (Phi) is 17.9. The lowest BCUT2D eigenvalue weighted by Gasteiger charge is -2.31. The summed E-state index contributed by atoms with van der Waals surface area (Å²) < 4.78 is 4.74. The molecule has 3 aliphatic rings. The fourth-order valence-electron chi connectivity index (χ4n) is 12.2. The number of likely N-dealkylation sites (tertiary alicyclic amines) is 2. The molecule has 2 bridgehead atoms. The normalized spacial score (nSPS) is 15.7. The van der Waals surface area contributed by atoms with E-state index < -0.39 is 5.91 Å². The van der Waals surface area contributed by atoms with Gasteiger partial charge in [-0.05, 0) is 33.5 Å². The van der Waals surface area contributed by atoms with E-state index >= 15 is 0 Å². The molecule has 0 aliphatic carbocycles. The molecule has 0 saturated carbocycles. The first kappa shape index (κ1) is 61.0. The Morgan fingerprint density at radius 1 is 0.413 bits per heavy atom. The Labute approximate surface area is 544 Å². The minimum Gasteiger partial charge on any atom is -0.368 e. The van der Waals surface area contributed by atoms with Crippen LogP contribution in [0.1, 0.15) is 12.8 Å². The van der Waals surface area contributed by atoms with E-state index in [0.717, 1.165) is 78.9 Å². The summed E-state index contributed by atoms with van der Waals surface area (Å²) in [6, 6.07) is 59.1. The molecule has 3 amide bonds. The van der Waals surface area contributed by atoms with Crippen molar-refractivity contribution in [2.45, 2.75) is 44.6 Å². The average molecular weight is 1280 g/mol. The van der Waals surface area contributed by atoms with E-state index in [1.54, 1.807) is 9.36 Å². The van der Waals surface area contributed by atoms with Crippen LogP contribution in [0.3, 0.4) is 0 Å². The van der Waals surface area contributed by atoms with Crippen molar-refractivity contribution in [3.05, 3.63) is 197 Å². The molecule has 3 fully saturated rings. The Balaban J connectivity index is 0.000000127. The van der Waals surface area contributed by atoms with Crippen LogP contribution < -0.4 is 5.73 Å². The molecule has 23 heteroatoms. The van der Waals surface area contributed by atoms with E-state index in [4.69, 9.17) is 50.7 Å². The van der Waals surface area contributed by atoms with Crippen LogP contribution in [0, 0.1) is 0 Å². The van der Waals surface area contributed by atoms with Gasteiger partial charge in [0.1, 0.15) is 53.8 Å². The number of halogens is 3. The van der Waals surface area contributed by atoms with Gasteiger partial charge in [0.05, 0.1) is 31.2 Å². The minimum atomic E-state index is -0.515. The highest BCUT2D eigenvalue weighted by Crippen LogP contribution is 2.41. The zero-order valence-electron chi connectivity index (χ0n) is 50.3. The zero-order chi connectivity index (χ0) is 63.4. The van der Waals surface area contributed by atoms with E-state index in [1.807, 2.05) is 192 Å². The molecule has 462 valence electrons. The molecule has 2 N–H and O–H groups in total. The van der Waals surface area contributed by atoms with Crippen LogP contribution in [0.5, 0.6) is 0 Å². The summed E-state index contributed by atoms with van der Waals surface area (Å²) in [4.78, 5) is 46.3. The number of hydrogen-bond acceptors (Lipinski definition) is 14. The number of amides is 3. The summed E-state index contributed by atoms with van der Waals surface area (Å²) in [5.41, 5.74) is 15.9. The van der Waals surface area contributed by atoms with Crippen molar-refractivity contribution in [1.82, 2.24) is 79.5 Å². The number of primary amides is 1. The van der Waals surface area contributed by atoms with Crippen molar-refractivity contribution in [1.29, 1.82) is 0 Å². The number of hydrogen-bond donors (Lipinski definition) is 1. The number of rotatable bonds is 12. The van der Waals surface area contributed by atoms with Crippen LogP contribution in [-0.2, 0) is 34.0 Å². The summed E-state index contributed by atoms with van der Waals surface area (Å²) >= 11 is 20.5. The third-order valence-corrected chi connectivity index (χ3v) is 18.0. The Morgan fingerprint density at radius 3 is 1.10 bits per heavy atom. The monoisotopic (exact) mass is 1280 g/mol. The number of likely N-dealkylation sites (N-methyl/N-ethyl adjacent to an activating group) is 2. The topological polar surface area (TPSA) is 221 Å². The lowest BCUT2D eigenvalue weighted by Crippen LogP contribution is -2.48. The molecule has 12 aromatic rings. The van der Waals surface area contributed by atoms with Gasteiger partial charge in [0.15, 0.2) is 16.9 Å². The van der Waals surface area contributed by atoms with E-state index in [9.17, 15) is 14.4 Å². The molecule has 3 saturated heterocycles. The largest absolute Gasteiger partial charge is 0.368 e. The van der Waals surface area contributed by atoms with Crippen molar-refractivity contribution in [2.75, 3.05) is 53.4 Å². The first-order chi connectivity index (χ1) is 44.9. The van der Waals surface area contributed by atoms with Crippen LogP contribution in [0.25, 0.3) is 101 Å². The maximum absolute atomic E-state index is 13.2. The van der Waals surface area contributed by atoms with Crippen LogP contribution in [0.4, 0.5) is 0 Å². The lowest BCUT2D eigenvalue weighted by molar-refractivity contribution is -0.134. The third kappa shape index (κ3) is 12.5. The second kappa shape index (κ2) is 26.9. The first-order valence-corrected chi connectivity index (χ1v) is 31.3. The average Bonchev–Trinajstić information content (AvgIpc) is 1.61. The van der Waals surface area contributed by atoms with Gasteiger partial charge in [-0.25, -0.2) is 14.0 Å². The molecule has 6 aromatic carbocycles. The minimum absolute atomic E-state index is 0.0272. The summed E-state index contributed by atoms with van der Waals surface area (Å²) in [7, 11) is 4.21. The SMILES string of the molecule is CN1CCCN(C(=O)Cn2nc(-c3ccccc3)c3c(Cl)c(-c4ccccc4)nnc32)CC1.CN1C[C@H]2C[C@@H]1CN2C(=O)Cn1nc(-c2ccccc2)c2c(Cl)c(-c3ccccc3)nnc21.NC(=O)Cn1nc(-c2ccccc2)c2c(Cl)c(-c3ccccc3)nnc21. The molecule has 6 aromatic heterocycles. The van der Waals surface area contributed by atoms with Crippen molar-refractivity contribution in [3.8, 4) is 67.5 Å². The number of fused-ring (bicyclic) bond motifs is 5. The van der Waals surface area contributed by atoms with E-state index in [0.29, 0.717) is 94.9 Å². The van der Waals surface area contributed by atoms with Gasteiger partial charge in [0, 0.05) is 78.2 Å². The van der Waals surface area contributed by atoms with Gasteiger partial charge >= 0.3 is 0 Å². The first-order valence-electron chi connectivity index (χ1n) is 30.2. The van der Waals surface area contributed by atoms with Crippen LogP contribution >= 0.6 is 34.8 Å². The van der Waals surface area contributed by atoms with Gasteiger partial charge in [-0.1, -0.05) is 217 Å². The number of nitrogens with two attached hydrogens (primary N) is 1. The van der Waals surface area contributed by atoms with Gasteiger partial charge < -0.3 is 20.4 Å². The summed E-state index contributed by atoms with van der Waals surface area (Å²) in [6.07, 6.45) is 2.01. The number of carbonyl (C=O) groups excluding carboxylic acids is 3. The van der Waals surface area contributed by atoms with Crippen LogP contribution in [-0.4, -0.2) is 163 Å². The van der Waals surface area contributed by atoms with E-state index in [-0.39, 0.29) is 37.5 Å². The summed E-state index contributed by atoms with van der Waals surface area (Å²) in [5.74, 6) is -0.428. The predicted molar refractivity (Wildman–Crippen MR) is 358 cm³/mol. The second-order valence-electron chi connectivity index (χ2n) is 22.9. The molecular weight excluding hydrogens is 1220 g/mol. The number of piperazine rings is 1. The van der Waals surface area contributed by atoms with Gasteiger partial charge in [-0.2, -0.15) is 15.3 Å². The molecule has 15 rings (SSSR count). The number of carbonyl (C=O) groups is 3. The third-order valence-electron chi connectivity index (χ3n) is 16.9. The standard InChI is InChI=1S/C25H23ClN6O.C25H25ClN6O.C19H14ClN5O/c1-30-13-19-12-18(30)14-31(19)20(33)15-32-25-21(23(29-32)16-8-4-2-5-9-16)22(26)24(27-28-25)17-10-6-3-7-11-17;1-30-13-8-14-31(16-15-30)20(33)17-32-25-21(23(29-32)18-9-4-2-5-10-18)22(26)24(27-28-25)19-11-6-3-7-12-19;20-16-15-17(12-7-3-1-4-8-12)24-25(11-14(21)26)19(15)23-22-18(16)13-9-5-2-6-10-13/h2-11,18-19H,12-15H2,1H3;2-7,9-12H,8,13-17H2,1H3;1-10H,11H2,(H2,21,26)/t18-,19-;;/m1../s1. The Morgan fingerprint density at radius 2 is 0.761 bits per heavy atom. The van der Waals surface area contributed by atoms with E-state index in [1.165, 1.54) is 4.68 Å². The smallest absolute Gasteiger partial charge is 0.244 e. The Hall–Kier alpha value is -9.83. The second-order valence-corrected chi connectivity index (χ2v) is 24.1. The van der Waals surface area contributed by atoms with Gasteiger partial charge in [0.25, 0.3) is 0 Å². The van der Waals surface area contributed by atoms with Gasteiger partial charge in [0.2, 0.25) is 17.7 Å². The molecule has 3 aliphatic heterocycles.